The molecule has 5 nitrogen and oxygen atoms in total. The molecule has 1 aromatic carbocycles. The normalized spacial score (nSPS) is 18.9. The van der Waals surface area contributed by atoms with Crippen molar-refractivity contribution >= 4 is 27.5 Å². The second-order valence-electron chi connectivity index (χ2n) is 7.46. The Hall–Kier alpha value is -2.40. The number of nitrogens with one attached hydrogen (secondary N) is 3. The molecule has 1 aliphatic carbocycles. The molecule has 11 heteroatoms. The number of carbonyl (C=O) groups excluding carboxylic acids is 1. The van der Waals surface area contributed by atoms with Crippen molar-refractivity contribution in [1.29, 1.82) is 5.41 Å². The number of carbonyl (C=O) groups is 1. The summed E-state index contributed by atoms with van der Waals surface area (Å²) >= 11 is 0. The fraction of sp³-hybridized carbons (Fsp3) is 0.400. The van der Waals surface area contributed by atoms with Gasteiger partial charge in [-0.3, -0.25) is 4.79 Å². The van der Waals surface area contributed by atoms with Crippen LogP contribution in [0.15, 0.2) is 41.0 Å². The average Bonchev–Trinajstić information content (AvgIpc) is 2.64. The van der Waals surface area contributed by atoms with Gasteiger partial charge >= 0.3 is 10.2 Å². The van der Waals surface area contributed by atoms with Crippen LogP contribution in [-0.2, 0) is 11.4 Å². The van der Waals surface area contributed by atoms with E-state index in [2.05, 4.69) is 10.6 Å². The molecule has 1 atom stereocenters. The number of hydrogen-bond donors (Lipinski definition) is 4. The number of hydrogen-bond acceptors (Lipinski definition) is 4. The summed E-state index contributed by atoms with van der Waals surface area (Å²) in [5, 5.41) is 23.5. The largest absolute Gasteiger partial charge is 0.392 e. The standard InChI is InChI=1S/C20H26F5N3O2S/c1-3-5-19(30)27-11-16(26)20-14(12-29)6-4-7-17(20)28-15-8-9-18(13(2)10-15)31(21,22,23,24)25/h4,6-9,13,26,28-29H,3,5,10-12H2,1-2H3,(H,27,30). The van der Waals surface area contributed by atoms with Crippen LogP contribution < -0.4 is 10.6 Å². The lowest BCUT2D eigenvalue weighted by Crippen LogP contribution is -2.30. The minimum absolute atomic E-state index is 0.00991. The van der Waals surface area contributed by atoms with Crippen LogP contribution in [0.4, 0.5) is 25.1 Å². The molecule has 0 radical (unpaired) electrons. The lowest BCUT2D eigenvalue weighted by atomic mass is 9.97. The SMILES string of the molecule is CCCC(=O)NCC(=N)c1c(CO)cccc1NC1=CC=C(S(F)(F)(F)(F)F)C(C)C1. The second-order valence-corrected chi connectivity index (χ2v) is 9.87. The molecule has 1 aliphatic rings. The van der Waals surface area contributed by atoms with Crippen molar-refractivity contribution in [2.75, 3.05) is 11.9 Å². The number of rotatable bonds is 9. The van der Waals surface area contributed by atoms with Crippen LogP contribution in [-0.4, -0.2) is 23.3 Å². The molecule has 0 heterocycles. The Morgan fingerprint density at radius 2 is 1.90 bits per heavy atom. The molecule has 1 aromatic rings. The van der Waals surface area contributed by atoms with E-state index in [-0.39, 0.29) is 35.8 Å². The number of anilines is 1. The molecule has 31 heavy (non-hydrogen) atoms. The summed E-state index contributed by atoms with van der Waals surface area (Å²) in [5.74, 6) is -1.69. The van der Waals surface area contributed by atoms with Crippen molar-refractivity contribution in [3.8, 4) is 0 Å². The maximum atomic E-state index is 13.2. The van der Waals surface area contributed by atoms with Crippen LogP contribution in [0, 0.1) is 11.3 Å². The van der Waals surface area contributed by atoms with Crippen molar-refractivity contribution < 1.29 is 29.3 Å². The van der Waals surface area contributed by atoms with E-state index in [0.717, 1.165) is 13.0 Å². The first-order valence-corrected chi connectivity index (χ1v) is 11.6. The molecular formula is C20H26F5N3O2S. The van der Waals surface area contributed by atoms with Crippen molar-refractivity contribution in [3.63, 3.8) is 0 Å². The molecular weight excluding hydrogens is 441 g/mol. The molecule has 1 unspecified atom stereocenters. The lowest BCUT2D eigenvalue weighted by Gasteiger charge is -2.45. The molecule has 2 rings (SSSR count). The zero-order valence-corrected chi connectivity index (χ0v) is 18.0. The predicted octanol–water partition coefficient (Wildman–Crippen LogP) is 5.98. The Kier molecular flexibility index (Phi) is 6.63. The Morgan fingerprint density at radius 1 is 1.23 bits per heavy atom. The number of amides is 1. The maximum absolute atomic E-state index is 13.2. The van der Waals surface area contributed by atoms with Gasteiger partial charge in [0.15, 0.2) is 0 Å². The third kappa shape index (κ3) is 6.54. The van der Waals surface area contributed by atoms with Crippen LogP contribution in [0.3, 0.4) is 0 Å². The van der Waals surface area contributed by atoms with E-state index in [4.69, 9.17) is 5.41 Å². The highest BCUT2D eigenvalue weighted by Crippen LogP contribution is 3.03. The maximum Gasteiger partial charge on any atom is 0.307 e. The minimum Gasteiger partial charge on any atom is -0.392 e. The number of aliphatic hydroxyl groups is 1. The third-order valence-corrected chi connectivity index (χ3v) is 6.19. The smallest absolute Gasteiger partial charge is 0.307 e. The molecule has 0 aromatic heterocycles. The molecule has 174 valence electrons. The van der Waals surface area contributed by atoms with Crippen LogP contribution in [0.1, 0.15) is 44.2 Å². The van der Waals surface area contributed by atoms with Gasteiger partial charge in [0.05, 0.1) is 23.8 Å². The second kappa shape index (κ2) is 8.27. The van der Waals surface area contributed by atoms with Gasteiger partial charge in [0.1, 0.15) is 0 Å². The lowest BCUT2D eigenvalue weighted by molar-refractivity contribution is -0.120. The van der Waals surface area contributed by atoms with Gasteiger partial charge < -0.3 is 21.1 Å². The van der Waals surface area contributed by atoms with E-state index < -0.39 is 27.7 Å². The van der Waals surface area contributed by atoms with E-state index in [9.17, 15) is 29.3 Å². The fourth-order valence-electron chi connectivity index (χ4n) is 3.40. The topological polar surface area (TPSA) is 85.2 Å². The quantitative estimate of drug-likeness (QED) is 0.266. The summed E-state index contributed by atoms with van der Waals surface area (Å²) in [5.41, 5.74) is 1.25. The molecule has 0 saturated carbocycles. The zero-order valence-electron chi connectivity index (χ0n) is 17.2. The summed E-state index contributed by atoms with van der Waals surface area (Å²) in [6.45, 7) is 2.41. The van der Waals surface area contributed by atoms with Gasteiger partial charge in [0, 0.05) is 29.3 Å². The van der Waals surface area contributed by atoms with Gasteiger partial charge in [-0.15, -0.1) is 0 Å². The summed E-state index contributed by atoms with van der Waals surface area (Å²) in [6, 6.07) is 4.72. The average molecular weight is 468 g/mol. The number of benzene rings is 1. The Morgan fingerprint density at radius 3 is 2.45 bits per heavy atom. The highest BCUT2D eigenvalue weighted by atomic mass is 32.5. The zero-order chi connectivity index (χ0) is 23.5. The van der Waals surface area contributed by atoms with Gasteiger partial charge in [-0.1, -0.05) is 45.4 Å². The van der Waals surface area contributed by atoms with Gasteiger partial charge in [-0.25, -0.2) is 0 Å². The Bertz CT molecular complexity index is 943. The first kappa shape index (κ1) is 24.9. The molecule has 0 bridgehead atoms. The van der Waals surface area contributed by atoms with E-state index in [1.54, 1.807) is 18.2 Å². The fourth-order valence-corrected chi connectivity index (χ4v) is 4.57. The Balaban J connectivity index is 2.32. The molecule has 0 fully saturated rings. The van der Waals surface area contributed by atoms with Crippen LogP contribution in [0.2, 0.25) is 0 Å². The molecule has 0 aliphatic heterocycles. The number of allylic oxidation sites excluding steroid dienone is 4. The monoisotopic (exact) mass is 467 g/mol. The van der Waals surface area contributed by atoms with Gasteiger partial charge in [0.25, 0.3) is 0 Å². The van der Waals surface area contributed by atoms with Crippen molar-refractivity contribution in [2.45, 2.75) is 39.7 Å². The van der Waals surface area contributed by atoms with Gasteiger partial charge in [-0.05, 0) is 36.6 Å². The highest BCUT2D eigenvalue weighted by Gasteiger charge is 2.68. The van der Waals surface area contributed by atoms with E-state index in [0.29, 0.717) is 30.2 Å². The van der Waals surface area contributed by atoms with E-state index in [1.807, 2.05) is 6.92 Å². The third-order valence-electron chi connectivity index (χ3n) is 4.76. The first-order valence-electron chi connectivity index (χ1n) is 9.65. The first-order chi connectivity index (χ1) is 14.2. The van der Waals surface area contributed by atoms with Crippen molar-refractivity contribution in [1.82, 2.24) is 5.32 Å². The van der Waals surface area contributed by atoms with Crippen molar-refractivity contribution in [3.05, 3.63) is 52.1 Å². The number of aliphatic hydroxyl groups excluding tert-OH is 1. The number of halogens is 5. The Labute approximate surface area is 177 Å². The van der Waals surface area contributed by atoms with Gasteiger partial charge in [0.2, 0.25) is 5.91 Å². The van der Waals surface area contributed by atoms with Crippen molar-refractivity contribution in [2.24, 2.45) is 5.92 Å². The summed E-state index contributed by atoms with van der Waals surface area (Å²) < 4.78 is 65.9. The molecule has 4 N–H and O–H groups in total. The van der Waals surface area contributed by atoms with E-state index in [1.165, 1.54) is 0 Å². The summed E-state index contributed by atoms with van der Waals surface area (Å²) in [7, 11) is -9.75. The predicted molar refractivity (Wildman–Crippen MR) is 114 cm³/mol. The van der Waals surface area contributed by atoms with Crippen LogP contribution >= 0.6 is 10.2 Å². The molecule has 0 spiro atoms. The van der Waals surface area contributed by atoms with Crippen LogP contribution in [0.5, 0.6) is 0 Å². The van der Waals surface area contributed by atoms with E-state index >= 15 is 0 Å². The summed E-state index contributed by atoms with van der Waals surface area (Å²) in [6.07, 6.45) is 1.98. The summed E-state index contributed by atoms with van der Waals surface area (Å²) in [4.78, 5) is 9.88. The molecule has 1 amide bonds. The molecule has 0 saturated heterocycles. The highest BCUT2D eigenvalue weighted by molar-refractivity contribution is 8.48. The van der Waals surface area contributed by atoms with Gasteiger partial charge in [-0.2, -0.15) is 0 Å². The van der Waals surface area contributed by atoms with Crippen LogP contribution in [0.25, 0.3) is 0 Å². The minimum atomic E-state index is -9.75.